The summed E-state index contributed by atoms with van der Waals surface area (Å²) in [5, 5.41) is 9.77. The van der Waals surface area contributed by atoms with Gasteiger partial charge in [-0.05, 0) is 36.2 Å². The zero-order valence-electron chi connectivity index (χ0n) is 14.2. The average Bonchev–Trinajstić information content (AvgIpc) is 3.13. The number of thiazole rings is 1. The molecule has 3 aromatic rings. The van der Waals surface area contributed by atoms with Crippen LogP contribution in [0.15, 0.2) is 60.0 Å². The SMILES string of the molecule is O=C(Nc1ccc(F)cc1)Nc1nc(C(=O)NCCc2ccccc2)cs1. The van der Waals surface area contributed by atoms with E-state index in [2.05, 4.69) is 20.9 Å². The van der Waals surface area contributed by atoms with Crippen LogP contribution in [-0.4, -0.2) is 23.5 Å². The van der Waals surface area contributed by atoms with Crippen molar-refractivity contribution in [2.24, 2.45) is 0 Å². The first kappa shape index (κ1) is 18.5. The molecule has 0 atom stereocenters. The Bertz CT molecular complexity index is 913. The van der Waals surface area contributed by atoms with Crippen LogP contribution < -0.4 is 16.0 Å². The van der Waals surface area contributed by atoms with Gasteiger partial charge in [0.25, 0.3) is 5.91 Å². The fourth-order valence-electron chi connectivity index (χ4n) is 2.28. The number of hydrogen-bond donors (Lipinski definition) is 3. The van der Waals surface area contributed by atoms with Gasteiger partial charge >= 0.3 is 6.03 Å². The van der Waals surface area contributed by atoms with Crippen LogP contribution in [0, 0.1) is 5.82 Å². The molecule has 0 aliphatic rings. The summed E-state index contributed by atoms with van der Waals surface area (Å²) in [4.78, 5) is 28.2. The van der Waals surface area contributed by atoms with Gasteiger partial charge in [-0.2, -0.15) is 0 Å². The molecule has 0 spiro atoms. The average molecular weight is 384 g/mol. The third kappa shape index (κ3) is 5.61. The van der Waals surface area contributed by atoms with Gasteiger partial charge in [0, 0.05) is 17.6 Å². The van der Waals surface area contributed by atoms with E-state index in [1.807, 2.05) is 30.3 Å². The van der Waals surface area contributed by atoms with E-state index in [4.69, 9.17) is 0 Å². The van der Waals surface area contributed by atoms with Crippen LogP contribution in [0.2, 0.25) is 0 Å². The van der Waals surface area contributed by atoms with Crippen LogP contribution in [0.25, 0.3) is 0 Å². The lowest BCUT2D eigenvalue weighted by Gasteiger charge is -2.05. The molecule has 0 saturated carbocycles. The second-order valence-electron chi connectivity index (χ2n) is 5.62. The standard InChI is InChI=1S/C19H17FN4O2S/c20-14-6-8-15(9-7-14)22-18(26)24-19-23-16(12-27-19)17(25)21-11-10-13-4-2-1-3-5-13/h1-9,12H,10-11H2,(H,21,25)(H2,22,23,24,26). The Labute approximate surface area is 159 Å². The number of anilines is 2. The van der Waals surface area contributed by atoms with E-state index >= 15 is 0 Å². The molecular formula is C19H17FN4O2S. The number of carbonyl (C=O) groups is 2. The monoisotopic (exact) mass is 384 g/mol. The summed E-state index contributed by atoms with van der Waals surface area (Å²) in [5.41, 5.74) is 1.82. The highest BCUT2D eigenvalue weighted by atomic mass is 32.1. The van der Waals surface area contributed by atoms with Crippen molar-refractivity contribution in [1.82, 2.24) is 10.3 Å². The van der Waals surface area contributed by atoms with E-state index in [-0.39, 0.29) is 17.4 Å². The fraction of sp³-hybridized carbons (Fsp3) is 0.105. The summed E-state index contributed by atoms with van der Waals surface area (Å²) < 4.78 is 12.9. The maximum absolute atomic E-state index is 12.9. The van der Waals surface area contributed by atoms with Gasteiger partial charge in [-0.25, -0.2) is 14.2 Å². The molecule has 1 heterocycles. The van der Waals surface area contributed by atoms with Crippen LogP contribution >= 0.6 is 11.3 Å². The molecular weight excluding hydrogens is 367 g/mol. The van der Waals surface area contributed by atoms with Crippen molar-refractivity contribution in [2.45, 2.75) is 6.42 Å². The van der Waals surface area contributed by atoms with Crippen molar-refractivity contribution >= 4 is 34.1 Å². The summed E-state index contributed by atoms with van der Waals surface area (Å²) in [5.74, 6) is -0.682. The van der Waals surface area contributed by atoms with Crippen molar-refractivity contribution in [3.63, 3.8) is 0 Å². The third-order valence-electron chi connectivity index (χ3n) is 3.60. The zero-order chi connectivity index (χ0) is 19.1. The zero-order valence-corrected chi connectivity index (χ0v) is 15.1. The lowest BCUT2D eigenvalue weighted by molar-refractivity contribution is 0.0950. The van der Waals surface area contributed by atoms with Crippen LogP contribution in [0.3, 0.4) is 0 Å². The van der Waals surface area contributed by atoms with Crippen molar-refractivity contribution in [3.8, 4) is 0 Å². The Balaban J connectivity index is 1.47. The maximum Gasteiger partial charge on any atom is 0.325 e. The lowest BCUT2D eigenvalue weighted by Crippen LogP contribution is -2.26. The van der Waals surface area contributed by atoms with E-state index in [0.29, 0.717) is 17.4 Å². The minimum atomic E-state index is -0.521. The fourth-order valence-corrected chi connectivity index (χ4v) is 2.97. The van der Waals surface area contributed by atoms with Gasteiger partial charge in [-0.1, -0.05) is 30.3 Å². The number of benzene rings is 2. The topological polar surface area (TPSA) is 83.1 Å². The van der Waals surface area contributed by atoms with Gasteiger partial charge in [0.05, 0.1) is 0 Å². The largest absolute Gasteiger partial charge is 0.350 e. The Hall–Kier alpha value is -3.26. The number of halogens is 1. The van der Waals surface area contributed by atoms with Crippen molar-refractivity contribution in [1.29, 1.82) is 0 Å². The molecule has 27 heavy (non-hydrogen) atoms. The Kier molecular flexibility index (Phi) is 6.11. The van der Waals surface area contributed by atoms with Gasteiger partial charge < -0.3 is 10.6 Å². The second kappa shape index (κ2) is 8.91. The molecule has 0 radical (unpaired) electrons. The predicted octanol–water partition coefficient (Wildman–Crippen LogP) is 3.90. The van der Waals surface area contributed by atoms with Crippen molar-refractivity contribution in [2.75, 3.05) is 17.2 Å². The van der Waals surface area contributed by atoms with E-state index < -0.39 is 6.03 Å². The number of nitrogens with zero attached hydrogens (tertiary/aromatic N) is 1. The van der Waals surface area contributed by atoms with Crippen LogP contribution in [0.1, 0.15) is 16.1 Å². The predicted molar refractivity (Wildman–Crippen MR) is 104 cm³/mol. The Morgan fingerprint density at radius 1 is 1.00 bits per heavy atom. The highest BCUT2D eigenvalue weighted by Crippen LogP contribution is 2.16. The summed E-state index contributed by atoms with van der Waals surface area (Å²) >= 11 is 1.15. The molecule has 3 rings (SSSR count). The van der Waals surface area contributed by atoms with Gasteiger partial charge in [0.1, 0.15) is 11.5 Å². The molecule has 0 bridgehead atoms. The molecule has 2 aromatic carbocycles. The number of urea groups is 1. The Morgan fingerprint density at radius 3 is 2.48 bits per heavy atom. The number of amides is 3. The van der Waals surface area contributed by atoms with E-state index in [1.54, 1.807) is 5.38 Å². The second-order valence-corrected chi connectivity index (χ2v) is 6.47. The van der Waals surface area contributed by atoms with Crippen LogP contribution in [0.5, 0.6) is 0 Å². The summed E-state index contributed by atoms with van der Waals surface area (Å²) in [6, 6.07) is 14.7. The molecule has 6 nitrogen and oxygen atoms in total. The molecule has 138 valence electrons. The summed E-state index contributed by atoms with van der Waals surface area (Å²) in [7, 11) is 0. The van der Waals surface area contributed by atoms with Gasteiger partial charge in [-0.3, -0.25) is 10.1 Å². The Morgan fingerprint density at radius 2 is 1.74 bits per heavy atom. The smallest absolute Gasteiger partial charge is 0.325 e. The van der Waals surface area contributed by atoms with Crippen molar-refractivity contribution in [3.05, 3.63) is 77.1 Å². The number of aromatic nitrogens is 1. The molecule has 8 heteroatoms. The number of carbonyl (C=O) groups excluding carboxylic acids is 2. The first-order valence-electron chi connectivity index (χ1n) is 8.21. The molecule has 3 N–H and O–H groups in total. The molecule has 0 saturated heterocycles. The molecule has 0 fully saturated rings. The highest BCUT2D eigenvalue weighted by Gasteiger charge is 2.12. The van der Waals surface area contributed by atoms with Crippen molar-refractivity contribution < 1.29 is 14.0 Å². The first-order chi connectivity index (χ1) is 13.1. The molecule has 0 unspecified atom stereocenters. The molecule has 0 aliphatic carbocycles. The van der Waals surface area contributed by atoms with Crippen LogP contribution in [-0.2, 0) is 6.42 Å². The third-order valence-corrected chi connectivity index (χ3v) is 4.36. The van der Waals surface area contributed by atoms with Gasteiger partial charge in [-0.15, -0.1) is 11.3 Å². The maximum atomic E-state index is 12.9. The molecule has 0 aliphatic heterocycles. The first-order valence-corrected chi connectivity index (χ1v) is 9.09. The number of nitrogens with one attached hydrogen (secondary N) is 3. The normalized spacial score (nSPS) is 10.3. The molecule has 1 aromatic heterocycles. The minimum absolute atomic E-state index is 0.241. The summed E-state index contributed by atoms with van der Waals surface area (Å²) in [6.45, 7) is 0.494. The number of hydrogen-bond acceptors (Lipinski definition) is 4. The summed E-state index contributed by atoms with van der Waals surface area (Å²) in [6.07, 6.45) is 0.724. The van der Waals surface area contributed by atoms with Gasteiger partial charge in [0.15, 0.2) is 5.13 Å². The highest BCUT2D eigenvalue weighted by molar-refractivity contribution is 7.14. The van der Waals surface area contributed by atoms with Gasteiger partial charge in [0.2, 0.25) is 0 Å². The van der Waals surface area contributed by atoms with E-state index in [0.717, 1.165) is 23.3 Å². The lowest BCUT2D eigenvalue weighted by atomic mass is 10.1. The van der Waals surface area contributed by atoms with Crippen LogP contribution in [0.4, 0.5) is 20.0 Å². The van der Waals surface area contributed by atoms with E-state index in [9.17, 15) is 14.0 Å². The molecule has 3 amide bonds. The number of rotatable bonds is 6. The van der Waals surface area contributed by atoms with E-state index in [1.165, 1.54) is 24.3 Å². The quantitative estimate of drug-likeness (QED) is 0.603. The minimum Gasteiger partial charge on any atom is -0.350 e.